The fourth-order valence-electron chi connectivity index (χ4n) is 1.26. The highest BCUT2D eigenvalue weighted by Crippen LogP contribution is 2.28. The molecule has 1 heterocycles. The van der Waals surface area contributed by atoms with Crippen LogP contribution in [0.2, 0.25) is 0 Å². The number of carbonyl (C=O) groups excluding carboxylic acids is 1. The Morgan fingerprint density at radius 3 is 2.82 bits per heavy atom. The van der Waals surface area contributed by atoms with Crippen LogP contribution in [-0.4, -0.2) is 17.4 Å². The molecule has 2 atom stereocenters. The smallest absolute Gasteiger partial charge is 0.313 e. The molecule has 1 saturated heterocycles. The molecule has 0 amide bonds. The van der Waals surface area contributed by atoms with E-state index in [9.17, 15) is 4.79 Å². The molecule has 3 heteroatoms. The Labute approximate surface area is 75.4 Å². The number of ether oxygens (including phenoxy) is 1. The maximum absolute atomic E-state index is 10.9. The summed E-state index contributed by atoms with van der Waals surface area (Å²) in [5.74, 6) is 0.164. The standard InChI is InChI=1S/C8H13BrO2/c1-2-3-4-6-7(5-9)11-8(6)10/h6-7H,2-5H2,1H3/t6-,7-/m0/s1. The van der Waals surface area contributed by atoms with Crippen molar-refractivity contribution < 1.29 is 9.53 Å². The van der Waals surface area contributed by atoms with Gasteiger partial charge in [-0.1, -0.05) is 35.7 Å². The van der Waals surface area contributed by atoms with Crippen LogP contribution in [-0.2, 0) is 9.53 Å². The molecule has 0 N–H and O–H groups in total. The van der Waals surface area contributed by atoms with Gasteiger partial charge in [-0.3, -0.25) is 4.79 Å². The predicted molar refractivity (Wildman–Crippen MR) is 46.7 cm³/mol. The molecule has 2 nitrogen and oxygen atoms in total. The van der Waals surface area contributed by atoms with Crippen molar-refractivity contribution in [3.05, 3.63) is 0 Å². The van der Waals surface area contributed by atoms with Crippen LogP contribution in [0.3, 0.4) is 0 Å². The molecular formula is C8H13BrO2. The Balaban J connectivity index is 2.24. The highest BCUT2D eigenvalue weighted by molar-refractivity contribution is 9.09. The Kier molecular flexibility index (Phi) is 3.37. The van der Waals surface area contributed by atoms with Crippen LogP contribution in [0, 0.1) is 5.92 Å². The monoisotopic (exact) mass is 220 g/mol. The van der Waals surface area contributed by atoms with E-state index in [0.29, 0.717) is 0 Å². The van der Waals surface area contributed by atoms with Crippen LogP contribution in [0.15, 0.2) is 0 Å². The summed E-state index contributed by atoms with van der Waals surface area (Å²) in [7, 11) is 0. The predicted octanol–water partition coefficient (Wildman–Crippen LogP) is 2.11. The highest BCUT2D eigenvalue weighted by atomic mass is 79.9. The Morgan fingerprint density at radius 1 is 1.64 bits per heavy atom. The summed E-state index contributed by atoms with van der Waals surface area (Å²) in [6.07, 6.45) is 3.42. The van der Waals surface area contributed by atoms with E-state index in [1.807, 2.05) is 0 Å². The highest BCUT2D eigenvalue weighted by Gasteiger charge is 2.40. The average Bonchev–Trinajstić information content (AvgIpc) is 2.00. The van der Waals surface area contributed by atoms with Gasteiger partial charge in [0.25, 0.3) is 0 Å². The number of hydrogen-bond acceptors (Lipinski definition) is 2. The zero-order chi connectivity index (χ0) is 8.27. The summed E-state index contributed by atoms with van der Waals surface area (Å²) < 4.78 is 4.91. The second kappa shape index (κ2) is 4.10. The van der Waals surface area contributed by atoms with E-state index in [2.05, 4.69) is 22.9 Å². The molecule has 0 aromatic rings. The molecule has 0 spiro atoms. The normalized spacial score (nSPS) is 29.5. The van der Waals surface area contributed by atoms with Gasteiger partial charge in [-0.2, -0.15) is 0 Å². The number of rotatable bonds is 4. The number of unbranched alkanes of at least 4 members (excludes halogenated alkanes) is 1. The third-order valence-corrected chi connectivity index (χ3v) is 2.68. The van der Waals surface area contributed by atoms with Crippen molar-refractivity contribution in [1.82, 2.24) is 0 Å². The van der Waals surface area contributed by atoms with Crippen LogP contribution in [0.1, 0.15) is 26.2 Å². The molecule has 1 aliphatic heterocycles. The van der Waals surface area contributed by atoms with Crippen LogP contribution in [0.4, 0.5) is 0 Å². The number of cyclic esters (lactones) is 1. The van der Waals surface area contributed by atoms with Crippen LogP contribution in [0.5, 0.6) is 0 Å². The second-order valence-corrected chi connectivity index (χ2v) is 3.53. The number of carbonyl (C=O) groups is 1. The zero-order valence-electron chi connectivity index (χ0n) is 6.68. The van der Waals surface area contributed by atoms with E-state index >= 15 is 0 Å². The Morgan fingerprint density at radius 2 is 2.36 bits per heavy atom. The first-order valence-electron chi connectivity index (χ1n) is 4.06. The maximum atomic E-state index is 10.9. The van der Waals surface area contributed by atoms with Crippen molar-refractivity contribution in [2.75, 3.05) is 5.33 Å². The molecule has 1 rings (SSSR count). The van der Waals surface area contributed by atoms with Crippen LogP contribution >= 0.6 is 15.9 Å². The Hall–Kier alpha value is -0.0500. The molecule has 1 aliphatic rings. The number of hydrogen-bond donors (Lipinski definition) is 0. The van der Waals surface area contributed by atoms with Gasteiger partial charge in [0.15, 0.2) is 0 Å². The molecule has 0 bridgehead atoms. The molecule has 64 valence electrons. The first-order valence-corrected chi connectivity index (χ1v) is 5.18. The molecule has 1 fully saturated rings. The molecule has 11 heavy (non-hydrogen) atoms. The fraction of sp³-hybridized carbons (Fsp3) is 0.875. The number of halogens is 1. The van der Waals surface area contributed by atoms with Gasteiger partial charge in [-0.25, -0.2) is 0 Å². The van der Waals surface area contributed by atoms with Gasteiger partial charge in [-0.05, 0) is 6.42 Å². The summed E-state index contributed by atoms with van der Waals surface area (Å²) in [6.45, 7) is 2.13. The number of alkyl halides is 1. The van der Waals surface area contributed by atoms with Crippen LogP contribution < -0.4 is 0 Å². The lowest BCUT2D eigenvalue weighted by Crippen LogP contribution is -2.46. The van der Waals surface area contributed by atoms with E-state index in [-0.39, 0.29) is 18.0 Å². The second-order valence-electron chi connectivity index (χ2n) is 2.88. The SMILES string of the molecule is CCCC[C@@H]1C(=O)O[C@H]1CBr. The lowest BCUT2D eigenvalue weighted by Gasteiger charge is -2.33. The van der Waals surface area contributed by atoms with Gasteiger partial charge in [0, 0.05) is 5.33 Å². The minimum absolute atomic E-state index is 0.0112. The first-order chi connectivity index (χ1) is 5.29. The zero-order valence-corrected chi connectivity index (χ0v) is 8.26. The summed E-state index contributed by atoms with van der Waals surface area (Å²) in [6, 6.07) is 0. The molecular weight excluding hydrogens is 208 g/mol. The van der Waals surface area contributed by atoms with Crippen molar-refractivity contribution in [2.24, 2.45) is 5.92 Å². The maximum Gasteiger partial charge on any atom is 0.313 e. The fourth-order valence-corrected chi connectivity index (χ4v) is 1.85. The molecule has 0 aromatic heterocycles. The third-order valence-electron chi connectivity index (χ3n) is 2.04. The minimum atomic E-state index is -0.0112. The van der Waals surface area contributed by atoms with Crippen molar-refractivity contribution >= 4 is 21.9 Å². The van der Waals surface area contributed by atoms with Crippen molar-refractivity contribution in [2.45, 2.75) is 32.3 Å². The Bertz CT molecular complexity index is 147. The van der Waals surface area contributed by atoms with Gasteiger partial charge in [-0.15, -0.1) is 0 Å². The van der Waals surface area contributed by atoms with Gasteiger partial charge < -0.3 is 4.74 Å². The molecule has 0 aliphatic carbocycles. The lowest BCUT2D eigenvalue weighted by atomic mass is 9.92. The molecule has 0 saturated carbocycles. The van der Waals surface area contributed by atoms with Gasteiger partial charge >= 0.3 is 5.97 Å². The molecule has 0 aromatic carbocycles. The minimum Gasteiger partial charge on any atom is -0.460 e. The van der Waals surface area contributed by atoms with E-state index in [1.165, 1.54) is 0 Å². The van der Waals surface area contributed by atoms with Crippen LogP contribution in [0.25, 0.3) is 0 Å². The van der Waals surface area contributed by atoms with Crippen molar-refractivity contribution in [1.29, 1.82) is 0 Å². The summed E-state index contributed by atoms with van der Waals surface area (Å²) >= 11 is 3.31. The summed E-state index contributed by atoms with van der Waals surface area (Å²) in [4.78, 5) is 10.9. The van der Waals surface area contributed by atoms with Crippen molar-refractivity contribution in [3.8, 4) is 0 Å². The lowest BCUT2D eigenvalue weighted by molar-refractivity contribution is -0.181. The van der Waals surface area contributed by atoms with E-state index in [0.717, 1.165) is 24.6 Å². The van der Waals surface area contributed by atoms with Gasteiger partial charge in [0.2, 0.25) is 0 Å². The van der Waals surface area contributed by atoms with Gasteiger partial charge in [0.05, 0.1) is 5.92 Å². The summed E-state index contributed by atoms with van der Waals surface area (Å²) in [5.41, 5.74) is 0. The van der Waals surface area contributed by atoms with E-state index in [4.69, 9.17) is 4.74 Å². The van der Waals surface area contributed by atoms with E-state index < -0.39 is 0 Å². The first kappa shape index (κ1) is 9.04. The third kappa shape index (κ3) is 1.95. The molecule has 0 radical (unpaired) electrons. The number of esters is 1. The molecule has 0 unspecified atom stereocenters. The van der Waals surface area contributed by atoms with Gasteiger partial charge in [0.1, 0.15) is 6.10 Å². The summed E-state index contributed by atoms with van der Waals surface area (Å²) in [5, 5.41) is 0.785. The average molecular weight is 221 g/mol. The van der Waals surface area contributed by atoms with Crippen molar-refractivity contribution in [3.63, 3.8) is 0 Å². The quantitative estimate of drug-likeness (QED) is 0.536. The largest absolute Gasteiger partial charge is 0.460 e. The topological polar surface area (TPSA) is 26.3 Å². The van der Waals surface area contributed by atoms with E-state index in [1.54, 1.807) is 0 Å².